The van der Waals surface area contributed by atoms with E-state index in [1.807, 2.05) is 54.6 Å². The molecule has 0 spiro atoms. The second-order valence-electron chi connectivity index (χ2n) is 7.61. The van der Waals surface area contributed by atoms with Gasteiger partial charge in [0.15, 0.2) is 0 Å². The van der Waals surface area contributed by atoms with Crippen LogP contribution in [-0.4, -0.2) is 32.2 Å². The first kappa shape index (κ1) is 23.5. The summed E-state index contributed by atoms with van der Waals surface area (Å²) in [7, 11) is 0. The fourth-order valence-corrected chi connectivity index (χ4v) is 4.73. The van der Waals surface area contributed by atoms with Crippen LogP contribution in [0.5, 0.6) is 11.5 Å². The van der Waals surface area contributed by atoms with Crippen molar-refractivity contribution in [3.05, 3.63) is 94.9 Å². The average Bonchev–Trinajstić information content (AvgIpc) is 3.12. The van der Waals surface area contributed by atoms with E-state index in [0.29, 0.717) is 27.3 Å². The minimum absolute atomic E-state index is 0.0997. The molecule has 0 radical (unpaired) electrons. The predicted molar refractivity (Wildman–Crippen MR) is 138 cm³/mol. The second kappa shape index (κ2) is 10.5. The number of thiocarbonyl (C=S) groups is 1. The van der Waals surface area contributed by atoms with Gasteiger partial charge in [-0.05, 0) is 60.5 Å². The lowest BCUT2D eigenvalue weighted by atomic mass is 10.2. The highest BCUT2D eigenvalue weighted by Gasteiger charge is 2.38. The van der Waals surface area contributed by atoms with Crippen molar-refractivity contribution in [1.29, 1.82) is 0 Å². The fraction of sp³-hybridized carbons (Fsp3) is 0.115. The number of benzene rings is 3. The van der Waals surface area contributed by atoms with E-state index < -0.39 is 6.04 Å². The van der Waals surface area contributed by atoms with Crippen LogP contribution in [0.4, 0.5) is 5.69 Å². The number of amides is 2. The van der Waals surface area contributed by atoms with E-state index in [1.165, 1.54) is 17.0 Å². The molecule has 0 saturated carbocycles. The molecule has 1 unspecified atom stereocenters. The summed E-state index contributed by atoms with van der Waals surface area (Å²) < 4.78 is 6.19. The third-order valence-corrected chi connectivity index (χ3v) is 6.46. The van der Waals surface area contributed by atoms with Crippen LogP contribution in [-0.2, 0) is 16.2 Å². The molecule has 1 heterocycles. The first-order chi connectivity index (χ1) is 16.4. The number of nitrogens with one attached hydrogen (secondary N) is 1. The lowest BCUT2D eigenvalue weighted by Gasteiger charge is -2.22. The number of carbonyl (C=O) groups is 2. The maximum atomic E-state index is 13.1. The Morgan fingerprint density at radius 2 is 1.85 bits per heavy atom. The molecule has 3 aromatic carbocycles. The largest absolute Gasteiger partial charge is 0.508 e. The first-order valence-corrected chi connectivity index (χ1v) is 11.8. The van der Waals surface area contributed by atoms with E-state index >= 15 is 0 Å². The molecule has 1 fully saturated rings. The minimum Gasteiger partial charge on any atom is -0.508 e. The minimum atomic E-state index is -0.798. The van der Waals surface area contributed by atoms with E-state index in [0.717, 1.165) is 22.9 Å². The number of aromatic hydroxyl groups is 1. The van der Waals surface area contributed by atoms with Crippen LogP contribution in [0.25, 0.3) is 6.08 Å². The van der Waals surface area contributed by atoms with Gasteiger partial charge in [-0.25, -0.2) is 0 Å². The van der Waals surface area contributed by atoms with Crippen LogP contribution in [0.2, 0.25) is 0 Å². The lowest BCUT2D eigenvalue weighted by molar-refractivity contribution is -0.129. The molecule has 8 heteroatoms. The number of hydrogen-bond donors (Lipinski definition) is 2. The van der Waals surface area contributed by atoms with Crippen molar-refractivity contribution in [3.8, 4) is 11.5 Å². The number of anilines is 1. The smallest absolute Gasteiger partial charge is 0.266 e. The second-order valence-corrected chi connectivity index (χ2v) is 9.29. The van der Waals surface area contributed by atoms with Gasteiger partial charge in [-0.3, -0.25) is 14.5 Å². The fourth-order valence-electron chi connectivity index (χ4n) is 3.31. The Labute approximate surface area is 207 Å². The van der Waals surface area contributed by atoms with Crippen molar-refractivity contribution in [1.82, 2.24) is 4.90 Å². The van der Waals surface area contributed by atoms with Crippen LogP contribution in [0.1, 0.15) is 18.1 Å². The van der Waals surface area contributed by atoms with Gasteiger partial charge in [0, 0.05) is 5.69 Å². The van der Waals surface area contributed by atoms with Gasteiger partial charge in [0.25, 0.3) is 5.91 Å². The molecular formula is C26H22N2O4S2. The molecule has 0 bridgehead atoms. The summed E-state index contributed by atoms with van der Waals surface area (Å²) in [5.41, 5.74) is 2.38. The molecule has 1 aliphatic heterocycles. The van der Waals surface area contributed by atoms with Gasteiger partial charge in [0.05, 0.1) is 4.91 Å². The topological polar surface area (TPSA) is 78.9 Å². The number of phenols is 1. The number of hydrogen-bond acceptors (Lipinski definition) is 6. The van der Waals surface area contributed by atoms with E-state index in [2.05, 4.69) is 5.32 Å². The van der Waals surface area contributed by atoms with Crippen LogP contribution in [0.3, 0.4) is 0 Å². The van der Waals surface area contributed by atoms with Crippen LogP contribution in [0, 0.1) is 0 Å². The number of carbonyl (C=O) groups excluding carboxylic acids is 2. The third-order valence-electron chi connectivity index (χ3n) is 5.13. The molecule has 0 aliphatic carbocycles. The Kier molecular flexibility index (Phi) is 7.30. The summed E-state index contributed by atoms with van der Waals surface area (Å²) >= 11 is 6.56. The zero-order valence-electron chi connectivity index (χ0n) is 18.3. The number of phenolic OH excluding ortho intramolecular Hbond substituents is 1. The molecule has 1 saturated heterocycles. The zero-order valence-corrected chi connectivity index (χ0v) is 19.9. The molecular weight excluding hydrogens is 468 g/mol. The van der Waals surface area contributed by atoms with Crippen LogP contribution >= 0.6 is 24.0 Å². The number of thioether (sulfide) groups is 1. The Morgan fingerprint density at radius 3 is 2.59 bits per heavy atom. The third kappa shape index (κ3) is 5.65. The highest BCUT2D eigenvalue weighted by atomic mass is 32.2. The van der Waals surface area contributed by atoms with E-state index in [9.17, 15) is 14.7 Å². The average molecular weight is 491 g/mol. The molecule has 1 atom stereocenters. The molecule has 2 N–H and O–H groups in total. The molecule has 34 heavy (non-hydrogen) atoms. The molecule has 3 aromatic rings. The van der Waals surface area contributed by atoms with Gasteiger partial charge in [0.1, 0.15) is 28.5 Å². The highest BCUT2D eigenvalue weighted by molar-refractivity contribution is 8.26. The van der Waals surface area contributed by atoms with Crippen LogP contribution < -0.4 is 10.1 Å². The summed E-state index contributed by atoms with van der Waals surface area (Å²) in [6, 6.07) is 22.6. The van der Waals surface area contributed by atoms with Gasteiger partial charge >= 0.3 is 0 Å². The lowest BCUT2D eigenvalue weighted by Crippen LogP contribution is -2.44. The number of rotatable bonds is 7. The maximum absolute atomic E-state index is 13.1. The first-order valence-electron chi connectivity index (χ1n) is 10.5. The van der Waals surface area contributed by atoms with Crippen molar-refractivity contribution in [2.45, 2.75) is 19.6 Å². The van der Waals surface area contributed by atoms with E-state index in [1.54, 1.807) is 25.1 Å². The quantitative estimate of drug-likeness (QED) is 0.269. The van der Waals surface area contributed by atoms with Crippen molar-refractivity contribution in [3.63, 3.8) is 0 Å². The van der Waals surface area contributed by atoms with Gasteiger partial charge < -0.3 is 15.2 Å². The number of nitrogens with zero attached hydrogens (tertiary/aromatic N) is 1. The molecule has 4 rings (SSSR count). The van der Waals surface area contributed by atoms with Gasteiger partial charge in [-0.1, -0.05) is 66.4 Å². The Balaban J connectivity index is 1.44. The standard InChI is InChI=1S/C26H22N2O4S2/c1-17(24(30)27-20-10-12-21(29)13-11-20)28-25(31)23(34-26(28)33)15-19-8-5-9-22(14-19)32-16-18-6-3-2-4-7-18/h2-15,17,29H,16H2,1H3,(H,27,30)/b23-15-. The molecule has 6 nitrogen and oxygen atoms in total. The molecule has 0 aromatic heterocycles. The molecule has 2 amide bonds. The summed E-state index contributed by atoms with van der Waals surface area (Å²) in [6.07, 6.45) is 1.75. The van der Waals surface area contributed by atoms with Crippen molar-refractivity contribution in [2.75, 3.05) is 5.32 Å². The van der Waals surface area contributed by atoms with E-state index in [4.69, 9.17) is 17.0 Å². The SMILES string of the molecule is CC(C(=O)Nc1ccc(O)cc1)N1C(=O)/C(=C/c2cccc(OCc3ccccc3)c2)SC1=S. The molecule has 172 valence electrons. The normalized spacial score (nSPS) is 15.4. The number of ether oxygens (including phenoxy) is 1. The van der Waals surface area contributed by atoms with Gasteiger partial charge in [-0.2, -0.15) is 0 Å². The Hall–Kier alpha value is -3.62. The van der Waals surface area contributed by atoms with Crippen molar-refractivity contribution >= 4 is 51.9 Å². The zero-order chi connectivity index (χ0) is 24.1. The van der Waals surface area contributed by atoms with E-state index in [-0.39, 0.29) is 17.6 Å². The summed E-state index contributed by atoms with van der Waals surface area (Å²) in [5, 5.41) is 12.1. The summed E-state index contributed by atoms with van der Waals surface area (Å²) in [5.74, 6) is 0.0934. The van der Waals surface area contributed by atoms with Gasteiger partial charge in [0.2, 0.25) is 5.91 Å². The summed E-state index contributed by atoms with van der Waals surface area (Å²) in [4.78, 5) is 27.5. The maximum Gasteiger partial charge on any atom is 0.266 e. The monoisotopic (exact) mass is 490 g/mol. The highest BCUT2D eigenvalue weighted by Crippen LogP contribution is 2.34. The Morgan fingerprint density at radius 1 is 1.12 bits per heavy atom. The van der Waals surface area contributed by atoms with Crippen molar-refractivity contribution in [2.24, 2.45) is 0 Å². The predicted octanol–water partition coefficient (Wildman–Crippen LogP) is 5.20. The van der Waals surface area contributed by atoms with Crippen molar-refractivity contribution < 1.29 is 19.4 Å². The van der Waals surface area contributed by atoms with Gasteiger partial charge in [-0.15, -0.1) is 0 Å². The van der Waals surface area contributed by atoms with Crippen LogP contribution in [0.15, 0.2) is 83.8 Å². The summed E-state index contributed by atoms with van der Waals surface area (Å²) in [6.45, 7) is 2.07. The molecule has 1 aliphatic rings. The Bertz CT molecular complexity index is 1240.